The highest BCUT2D eigenvalue weighted by atomic mass is 16.5. The van der Waals surface area contributed by atoms with Gasteiger partial charge in [-0.2, -0.15) is 4.98 Å². The molecule has 0 spiro atoms. The molecule has 6 heteroatoms. The largest absolute Gasteiger partial charge is 0.394 e. The molecule has 1 saturated heterocycles. The molecule has 1 aliphatic heterocycles. The van der Waals surface area contributed by atoms with Gasteiger partial charge in [0.15, 0.2) is 0 Å². The van der Waals surface area contributed by atoms with Gasteiger partial charge in [-0.3, -0.25) is 4.57 Å². The van der Waals surface area contributed by atoms with Crippen LogP contribution in [0.1, 0.15) is 38.3 Å². The van der Waals surface area contributed by atoms with Gasteiger partial charge in [0.05, 0.1) is 12.7 Å². The van der Waals surface area contributed by atoms with E-state index in [2.05, 4.69) is 4.98 Å². The Labute approximate surface area is 105 Å². The van der Waals surface area contributed by atoms with E-state index in [0.717, 1.165) is 6.42 Å². The van der Waals surface area contributed by atoms with Gasteiger partial charge in [0, 0.05) is 6.20 Å². The molecule has 18 heavy (non-hydrogen) atoms. The standard InChI is InChI=1S/C9H13N3O3.C3H6/c10-7-3-4-12(9(14)11-7)8-2-1-6(5-13)15-8;1-2-3-1/h3-4,6,8,13H,1-2,5H2,(H2,10,11,14);1-3H2. The molecular weight excluding hydrogens is 234 g/mol. The molecule has 0 amide bonds. The molecule has 0 aromatic carbocycles. The summed E-state index contributed by atoms with van der Waals surface area (Å²) in [4.78, 5) is 15.1. The van der Waals surface area contributed by atoms with Crippen LogP contribution in [-0.2, 0) is 4.74 Å². The van der Waals surface area contributed by atoms with Crippen molar-refractivity contribution < 1.29 is 9.84 Å². The molecule has 1 aliphatic carbocycles. The second kappa shape index (κ2) is 5.97. The fourth-order valence-electron chi connectivity index (χ4n) is 1.67. The lowest BCUT2D eigenvalue weighted by atomic mass is 10.2. The summed E-state index contributed by atoms with van der Waals surface area (Å²) in [6.07, 6.45) is 7.01. The van der Waals surface area contributed by atoms with Gasteiger partial charge in [-0.25, -0.2) is 4.79 Å². The zero-order valence-electron chi connectivity index (χ0n) is 10.3. The van der Waals surface area contributed by atoms with Crippen molar-refractivity contribution in [2.45, 2.75) is 44.4 Å². The van der Waals surface area contributed by atoms with Gasteiger partial charge in [-0.15, -0.1) is 0 Å². The highest BCUT2D eigenvalue weighted by Crippen LogP contribution is 2.26. The normalized spacial score (nSPS) is 25.4. The predicted octanol–water partition coefficient (Wildman–Crippen LogP) is 0.666. The van der Waals surface area contributed by atoms with Crippen LogP contribution in [0.2, 0.25) is 0 Å². The van der Waals surface area contributed by atoms with Crippen molar-refractivity contribution in [3.63, 3.8) is 0 Å². The Kier molecular flexibility index (Phi) is 4.33. The van der Waals surface area contributed by atoms with Gasteiger partial charge in [-0.05, 0) is 18.9 Å². The molecule has 3 N–H and O–H groups in total. The minimum Gasteiger partial charge on any atom is -0.394 e. The zero-order chi connectivity index (χ0) is 13.0. The molecule has 6 nitrogen and oxygen atoms in total. The van der Waals surface area contributed by atoms with E-state index in [0.29, 0.717) is 6.42 Å². The monoisotopic (exact) mass is 253 g/mol. The summed E-state index contributed by atoms with van der Waals surface area (Å²) in [5, 5.41) is 8.90. The second-order valence-electron chi connectivity index (χ2n) is 4.58. The highest BCUT2D eigenvalue weighted by Gasteiger charge is 2.26. The molecular formula is C12H19N3O3. The van der Waals surface area contributed by atoms with Crippen molar-refractivity contribution in [3.05, 3.63) is 22.7 Å². The third-order valence-corrected chi connectivity index (χ3v) is 2.80. The van der Waals surface area contributed by atoms with E-state index in [1.54, 1.807) is 12.3 Å². The maximum atomic E-state index is 11.5. The topological polar surface area (TPSA) is 90.4 Å². The number of anilines is 1. The molecule has 2 aliphatic rings. The van der Waals surface area contributed by atoms with E-state index in [4.69, 9.17) is 15.6 Å². The van der Waals surface area contributed by atoms with Gasteiger partial charge in [-0.1, -0.05) is 19.3 Å². The van der Waals surface area contributed by atoms with Crippen LogP contribution in [0, 0.1) is 0 Å². The average Bonchev–Trinajstić information content (AvgIpc) is 3.16. The molecule has 1 aromatic heterocycles. The summed E-state index contributed by atoms with van der Waals surface area (Å²) < 4.78 is 6.84. The number of ether oxygens (including phenoxy) is 1. The van der Waals surface area contributed by atoms with E-state index in [-0.39, 0.29) is 24.8 Å². The summed E-state index contributed by atoms with van der Waals surface area (Å²) >= 11 is 0. The Morgan fingerprint density at radius 3 is 2.67 bits per heavy atom. The SMILES string of the molecule is C1CC1.Nc1ccn(C2CCC(CO)O2)c(=O)n1. The van der Waals surface area contributed by atoms with E-state index >= 15 is 0 Å². The van der Waals surface area contributed by atoms with Crippen LogP contribution >= 0.6 is 0 Å². The zero-order valence-corrected chi connectivity index (χ0v) is 10.3. The van der Waals surface area contributed by atoms with E-state index < -0.39 is 5.69 Å². The summed E-state index contributed by atoms with van der Waals surface area (Å²) in [6, 6.07) is 1.55. The van der Waals surface area contributed by atoms with Gasteiger partial charge < -0.3 is 15.6 Å². The number of hydrogen-bond donors (Lipinski definition) is 2. The lowest BCUT2D eigenvalue weighted by Gasteiger charge is -2.14. The molecule has 3 rings (SSSR count). The van der Waals surface area contributed by atoms with E-state index in [9.17, 15) is 4.79 Å². The molecule has 2 atom stereocenters. The van der Waals surface area contributed by atoms with Crippen LogP contribution in [0.25, 0.3) is 0 Å². The molecule has 2 heterocycles. The smallest absolute Gasteiger partial charge is 0.351 e. The lowest BCUT2D eigenvalue weighted by molar-refractivity contribution is -0.0245. The fraction of sp³-hybridized carbons (Fsp3) is 0.667. The Balaban J connectivity index is 0.000000350. The van der Waals surface area contributed by atoms with Crippen molar-refractivity contribution in [1.29, 1.82) is 0 Å². The third kappa shape index (κ3) is 3.54. The van der Waals surface area contributed by atoms with Gasteiger partial charge in [0.1, 0.15) is 12.0 Å². The number of aromatic nitrogens is 2. The van der Waals surface area contributed by atoms with Crippen molar-refractivity contribution in [3.8, 4) is 0 Å². The first-order valence-corrected chi connectivity index (χ1v) is 6.31. The first-order chi connectivity index (χ1) is 8.70. The molecule has 1 aromatic rings. The fourth-order valence-corrected chi connectivity index (χ4v) is 1.67. The summed E-state index contributed by atoms with van der Waals surface area (Å²) in [5.74, 6) is 0.202. The molecule has 2 unspecified atom stereocenters. The van der Waals surface area contributed by atoms with Gasteiger partial charge in [0.25, 0.3) is 0 Å². The van der Waals surface area contributed by atoms with E-state index in [1.165, 1.54) is 23.8 Å². The first kappa shape index (κ1) is 13.0. The van der Waals surface area contributed by atoms with Crippen molar-refractivity contribution in [2.24, 2.45) is 0 Å². The van der Waals surface area contributed by atoms with Gasteiger partial charge in [0.2, 0.25) is 0 Å². The maximum Gasteiger partial charge on any atom is 0.351 e. The quantitative estimate of drug-likeness (QED) is 0.808. The highest BCUT2D eigenvalue weighted by molar-refractivity contribution is 5.23. The number of aliphatic hydroxyl groups excluding tert-OH is 1. The van der Waals surface area contributed by atoms with Crippen molar-refractivity contribution in [2.75, 3.05) is 12.3 Å². The second-order valence-corrected chi connectivity index (χ2v) is 4.58. The number of aliphatic hydroxyl groups is 1. The Morgan fingerprint density at radius 1 is 1.44 bits per heavy atom. The van der Waals surface area contributed by atoms with Crippen LogP contribution < -0.4 is 11.4 Å². The van der Waals surface area contributed by atoms with Crippen LogP contribution in [0.15, 0.2) is 17.1 Å². The Bertz CT molecular complexity index is 442. The number of nitrogen functional groups attached to an aromatic ring is 1. The number of hydrogen-bond acceptors (Lipinski definition) is 5. The molecule has 0 bridgehead atoms. The van der Waals surface area contributed by atoms with E-state index in [1.807, 2.05) is 0 Å². The number of nitrogens with zero attached hydrogens (tertiary/aromatic N) is 2. The summed E-state index contributed by atoms with van der Waals surface area (Å²) in [7, 11) is 0. The summed E-state index contributed by atoms with van der Waals surface area (Å²) in [6.45, 7) is -0.0202. The third-order valence-electron chi connectivity index (χ3n) is 2.80. The molecule has 2 fully saturated rings. The lowest BCUT2D eigenvalue weighted by Crippen LogP contribution is -2.27. The Morgan fingerprint density at radius 2 is 2.17 bits per heavy atom. The minimum absolute atomic E-state index is 0.0202. The van der Waals surface area contributed by atoms with Crippen LogP contribution in [-0.4, -0.2) is 27.4 Å². The first-order valence-electron chi connectivity index (χ1n) is 6.31. The van der Waals surface area contributed by atoms with Crippen molar-refractivity contribution in [1.82, 2.24) is 9.55 Å². The van der Waals surface area contributed by atoms with Crippen LogP contribution in [0.3, 0.4) is 0 Å². The predicted molar refractivity (Wildman–Crippen MR) is 67.0 cm³/mol. The molecule has 100 valence electrons. The summed E-state index contributed by atoms with van der Waals surface area (Å²) in [5.41, 5.74) is 4.96. The maximum absolute atomic E-state index is 11.5. The molecule has 1 saturated carbocycles. The molecule has 0 radical (unpaired) electrons. The van der Waals surface area contributed by atoms with Gasteiger partial charge >= 0.3 is 5.69 Å². The number of nitrogens with two attached hydrogens (primary N) is 1. The Hall–Kier alpha value is -1.40. The van der Waals surface area contributed by atoms with Crippen molar-refractivity contribution >= 4 is 5.82 Å². The average molecular weight is 253 g/mol. The van der Waals surface area contributed by atoms with Crippen LogP contribution in [0.4, 0.5) is 5.82 Å². The minimum atomic E-state index is -0.418. The van der Waals surface area contributed by atoms with Crippen LogP contribution in [0.5, 0.6) is 0 Å². The number of rotatable bonds is 2.